The Morgan fingerprint density at radius 2 is 1.93 bits per heavy atom. The Hall–Kier alpha value is -1.59. The first-order valence-corrected chi connectivity index (χ1v) is 5.19. The molecule has 0 radical (unpaired) electrons. The van der Waals surface area contributed by atoms with Crippen LogP contribution < -0.4 is 0 Å². The maximum absolute atomic E-state index is 8.73. The molecule has 2 rings (SSSR count). The largest absolute Gasteiger partial charge is 0.192 e. The van der Waals surface area contributed by atoms with Crippen LogP contribution in [0.3, 0.4) is 0 Å². The van der Waals surface area contributed by atoms with Gasteiger partial charge in [-0.25, -0.2) is 0 Å². The van der Waals surface area contributed by atoms with Crippen LogP contribution in [0.15, 0.2) is 36.4 Å². The second kappa shape index (κ2) is 3.65. The van der Waals surface area contributed by atoms with Crippen molar-refractivity contribution in [1.82, 2.24) is 0 Å². The number of hydrogen-bond acceptors (Lipinski definition) is 2. The molecule has 1 aromatic carbocycles. The molecule has 0 N–H and O–H groups in total. The van der Waals surface area contributed by atoms with Gasteiger partial charge in [-0.15, -0.1) is 11.3 Å². The SMILES string of the molecule is Cc1ccccc1-c1ccc(C#N)s1. The third kappa shape index (κ3) is 1.55. The minimum Gasteiger partial charge on any atom is -0.192 e. The summed E-state index contributed by atoms with van der Waals surface area (Å²) in [7, 11) is 0. The average Bonchev–Trinajstić information content (AvgIpc) is 2.67. The van der Waals surface area contributed by atoms with Gasteiger partial charge in [-0.05, 0) is 30.2 Å². The second-order valence-corrected chi connectivity index (χ2v) is 4.17. The van der Waals surface area contributed by atoms with E-state index in [-0.39, 0.29) is 0 Å². The molecule has 0 saturated carbocycles. The van der Waals surface area contributed by atoms with Crippen LogP contribution >= 0.6 is 11.3 Å². The van der Waals surface area contributed by atoms with Gasteiger partial charge in [0.15, 0.2) is 0 Å². The van der Waals surface area contributed by atoms with Crippen molar-refractivity contribution in [3.8, 4) is 16.5 Å². The Morgan fingerprint density at radius 1 is 1.14 bits per heavy atom. The minimum atomic E-state index is 0.767. The van der Waals surface area contributed by atoms with Crippen molar-refractivity contribution >= 4 is 11.3 Å². The number of hydrogen-bond donors (Lipinski definition) is 0. The highest BCUT2D eigenvalue weighted by Crippen LogP contribution is 2.29. The summed E-state index contributed by atoms with van der Waals surface area (Å²) in [5.41, 5.74) is 2.47. The monoisotopic (exact) mass is 199 g/mol. The van der Waals surface area contributed by atoms with E-state index in [1.807, 2.05) is 24.3 Å². The molecule has 68 valence electrons. The van der Waals surface area contributed by atoms with E-state index in [4.69, 9.17) is 5.26 Å². The maximum atomic E-state index is 8.73. The molecule has 0 aliphatic carbocycles. The number of aryl methyl sites for hydroxylation is 1. The topological polar surface area (TPSA) is 23.8 Å². The highest BCUT2D eigenvalue weighted by Gasteiger charge is 2.03. The molecule has 0 unspecified atom stereocenters. The van der Waals surface area contributed by atoms with Gasteiger partial charge in [0.2, 0.25) is 0 Å². The molecule has 0 spiro atoms. The Labute approximate surface area is 87.3 Å². The van der Waals surface area contributed by atoms with Crippen molar-refractivity contribution < 1.29 is 0 Å². The predicted molar refractivity (Wildman–Crippen MR) is 59.2 cm³/mol. The van der Waals surface area contributed by atoms with E-state index in [9.17, 15) is 0 Å². The van der Waals surface area contributed by atoms with Crippen LogP contribution in [-0.2, 0) is 0 Å². The molecule has 0 aliphatic heterocycles. The third-order valence-electron chi connectivity index (χ3n) is 2.13. The van der Waals surface area contributed by atoms with Crippen LogP contribution in [0.2, 0.25) is 0 Å². The van der Waals surface area contributed by atoms with Gasteiger partial charge >= 0.3 is 0 Å². The fourth-order valence-electron chi connectivity index (χ4n) is 1.39. The van der Waals surface area contributed by atoms with E-state index >= 15 is 0 Å². The summed E-state index contributed by atoms with van der Waals surface area (Å²) >= 11 is 1.54. The summed E-state index contributed by atoms with van der Waals surface area (Å²) < 4.78 is 0. The normalized spacial score (nSPS) is 9.71. The molecule has 0 aliphatic rings. The lowest BCUT2D eigenvalue weighted by atomic mass is 10.1. The van der Waals surface area contributed by atoms with Crippen molar-refractivity contribution in [1.29, 1.82) is 5.26 Å². The zero-order chi connectivity index (χ0) is 9.97. The lowest BCUT2D eigenvalue weighted by molar-refractivity contribution is 1.48. The number of nitriles is 1. The molecule has 0 saturated heterocycles. The van der Waals surface area contributed by atoms with E-state index < -0.39 is 0 Å². The molecule has 0 atom stereocenters. The van der Waals surface area contributed by atoms with Crippen LogP contribution in [-0.4, -0.2) is 0 Å². The van der Waals surface area contributed by atoms with Gasteiger partial charge in [0.25, 0.3) is 0 Å². The first kappa shape index (κ1) is 8.98. The van der Waals surface area contributed by atoms with E-state index in [0.29, 0.717) is 0 Å². The molecule has 0 bridgehead atoms. The van der Waals surface area contributed by atoms with Gasteiger partial charge in [-0.3, -0.25) is 0 Å². The van der Waals surface area contributed by atoms with Crippen molar-refractivity contribution in [2.45, 2.75) is 6.92 Å². The zero-order valence-electron chi connectivity index (χ0n) is 7.82. The van der Waals surface area contributed by atoms with Crippen LogP contribution in [0.5, 0.6) is 0 Å². The first-order valence-electron chi connectivity index (χ1n) is 4.37. The fraction of sp³-hybridized carbons (Fsp3) is 0.0833. The van der Waals surface area contributed by atoms with E-state index in [0.717, 1.165) is 4.88 Å². The second-order valence-electron chi connectivity index (χ2n) is 3.09. The van der Waals surface area contributed by atoms with Crippen LogP contribution in [0.1, 0.15) is 10.4 Å². The molecule has 0 amide bonds. The lowest BCUT2D eigenvalue weighted by Crippen LogP contribution is -1.77. The number of rotatable bonds is 1. The summed E-state index contributed by atoms with van der Waals surface area (Å²) in [6.07, 6.45) is 0. The highest BCUT2D eigenvalue weighted by molar-refractivity contribution is 7.16. The molecule has 1 nitrogen and oxygen atoms in total. The predicted octanol–water partition coefficient (Wildman–Crippen LogP) is 3.60. The average molecular weight is 199 g/mol. The number of benzene rings is 1. The van der Waals surface area contributed by atoms with Gasteiger partial charge in [0, 0.05) is 4.88 Å². The summed E-state index contributed by atoms with van der Waals surface area (Å²) in [4.78, 5) is 1.93. The van der Waals surface area contributed by atoms with E-state index in [2.05, 4.69) is 25.1 Å². The van der Waals surface area contributed by atoms with Gasteiger partial charge < -0.3 is 0 Å². The highest BCUT2D eigenvalue weighted by atomic mass is 32.1. The van der Waals surface area contributed by atoms with Gasteiger partial charge in [-0.2, -0.15) is 5.26 Å². The number of nitrogens with zero attached hydrogens (tertiary/aromatic N) is 1. The Balaban J connectivity index is 2.51. The van der Waals surface area contributed by atoms with E-state index in [1.165, 1.54) is 27.3 Å². The van der Waals surface area contributed by atoms with Crippen LogP contribution in [0, 0.1) is 18.3 Å². The molecule has 2 aromatic rings. The van der Waals surface area contributed by atoms with Crippen molar-refractivity contribution in [3.05, 3.63) is 46.8 Å². The van der Waals surface area contributed by atoms with Crippen molar-refractivity contribution in [2.24, 2.45) is 0 Å². The maximum Gasteiger partial charge on any atom is 0.110 e. The summed E-state index contributed by atoms with van der Waals surface area (Å²) in [6.45, 7) is 2.08. The fourth-order valence-corrected chi connectivity index (χ4v) is 2.29. The summed E-state index contributed by atoms with van der Waals surface area (Å²) in [5.74, 6) is 0. The molecular formula is C12H9NS. The van der Waals surface area contributed by atoms with Crippen LogP contribution in [0.25, 0.3) is 10.4 Å². The van der Waals surface area contributed by atoms with E-state index in [1.54, 1.807) is 0 Å². The Morgan fingerprint density at radius 3 is 2.57 bits per heavy atom. The molecule has 14 heavy (non-hydrogen) atoms. The van der Waals surface area contributed by atoms with Crippen molar-refractivity contribution in [2.75, 3.05) is 0 Å². The molecular weight excluding hydrogens is 190 g/mol. The smallest absolute Gasteiger partial charge is 0.110 e. The zero-order valence-corrected chi connectivity index (χ0v) is 8.64. The Kier molecular flexibility index (Phi) is 2.34. The first-order chi connectivity index (χ1) is 6.81. The third-order valence-corrected chi connectivity index (χ3v) is 3.15. The summed E-state index contributed by atoms with van der Waals surface area (Å²) in [5, 5.41) is 8.73. The minimum absolute atomic E-state index is 0.767. The van der Waals surface area contributed by atoms with Crippen LogP contribution in [0.4, 0.5) is 0 Å². The molecule has 2 heteroatoms. The Bertz CT molecular complexity index is 491. The lowest BCUT2D eigenvalue weighted by Gasteiger charge is -2.00. The molecule has 1 heterocycles. The summed E-state index contributed by atoms with van der Waals surface area (Å²) in [6, 6.07) is 14.2. The standard InChI is InChI=1S/C12H9NS/c1-9-4-2-3-5-11(9)12-7-6-10(8-13)14-12/h2-7H,1H3. The van der Waals surface area contributed by atoms with Gasteiger partial charge in [-0.1, -0.05) is 24.3 Å². The molecule has 0 fully saturated rings. The van der Waals surface area contributed by atoms with Gasteiger partial charge in [0.1, 0.15) is 10.9 Å². The number of thiophene rings is 1. The van der Waals surface area contributed by atoms with Crippen molar-refractivity contribution in [3.63, 3.8) is 0 Å². The molecule has 1 aromatic heterocycles. The quantitative estimate of drug-likeness (QED) is 0.688. The van der Waals surface area contributed by atoms with Gasteiger partial charge in [0.05, 0.1) is 0 Å².